The fourth-order valence-corrected chi connectivity index (χ4v) is 2.60. The molecule has 5 atom stereocenters. The molecule has 6 nitrogen and oxygen atoms in total. The second-order valence-corrected chi connectivity index (χ2v) is 6.47. The molecule has 0 saturated carbocycles. The van der Waals surface area contributed by atoms with E-state index in [1.807, 2.05) is 41.5 Å². The van der Waals surface area contributed by atoms with Gasteiger partial charge in [-0.3, -0.25) is 0 Å². The van der Waals surface area contributed by atoms with Gasteiger partial charge in [-0.05, 0) is 41.5 Å². The van der Waals surface area contributed by atoms with Crippen LogP contribution in [0, 0.1) is 0 Å². The molecule has 2 unspecified atom stereocenters. The molecular formula is C16H32O6. The highest BCUT2D eigenvalue weighted by molar-refractivity contribution is 4.93. The molecule has 0 aromatic carbocycles. The van der Waals surface area contributed by atoms with Crippen LogP contribution in [0.2, 0.25) is 0 Å². The molecule has 0 bridgehead atoms. The monoisotopic (exact) mass is 320 g/mol. The fraction of sp³-hybridized carbons (Fsp3) is 1.00. The molecule has 0 radical (unpaired) electrons. The van der Waals surface area contributed by atoms with Crippen LogP contribution in [-0.2, 0) is 23.7 Å². The summed E-state index contributed by atoms with van der Waals surface area (Å²) < 4.78 is 28.7. The summed E-state index contributed by atoms with van der Waals surface area (Å²) in [6.45, 7) is 12.0. The Labute approximate surface area is 134 Å². The van der Waals surface area contributed by atoms with Gasteiger partial charge in [0.15, 0.2) is 6.29 Å². The fourth-order valence-electron chi connectivity index (χ4n) is 2.60. The van der Waals surface area contributed by atoms with Crippen LogP contribution >= 0.6 is 0 Å². The zero-order valence-electron chi connectivity index (χ0n) is 14.8. The summed E-state index contributed by atoms with van der Waals surface area (Å²) in [4.78, 5) is 0. The van der Waals surface area contributed by atoms with Gasteiger partial charge in [-0.1, -0.05) is 0 Å². The van der Waals surface area contributed by atoms with E-state index < -0.39 is 24.6 Å². The molecular weight excluding hydrogens is 288 g/mol. The lowest BCUT2D eigenvalue weighted by Crippen LogP contribution is -2.62. The van der Waals surface area contributed by atoms with E-state index in [4.69, 9.17) is 23.7 Å². The van der Waals surface area contributed by atoms with Crippen LogP contribution in [0.5, 0.6) is 0 Å². The van der Waals surface area contributed by atoms with E-state index in [0.717, 1.165) is 0 Å². The molecule has 1 rings (SSSR count). The smallest absolute Gasteiger partial charge is 0.184 e. The van der Waals surface area contributed by atoms with Crippen LogP contribution in [0.1, 0.15) is 41.5 Å². The van der Waals surface area contributed by atoms with Crippen molar-refractivity contribution in [2.45, 2.75) is 90.6 Å². The number of ether oxygens (including phenoxy) is 5. The van der Waals surface area contributed by atoms with Crippen molar-refractivity contribution >= 4 is 0 Å². The van der Waals surface area contributed by atoms with Crippen LogP contribution in [0.15, 0.2) is 0 Å². The van der Waals surface area contributed by atoms with Crippen molar-refractivity contribution in [3.63, 3.8) is 0 Å². The van der Waals surface area contributed by atoms with Crippen LogP contribution in [0.3, 0.4) is 0 Å². The van der Waals surface area contributed by atoms with Crippen molar-refractivity contribution in [2.24, 2.45) is 0 Å². The molecule has 1 aliphatic heterocycles. The topological polar surface area (TPSA) is 66.4 Å². The minimum atomic E-state index is -1.07. The van der Waals surface area contributed by atoms with Gasteiger partial charge in [0.05, 0.1) is 24.9 Å². The lowest BCUT2D eigenvalue weighted by Gasteiger charge is -2.46. The van der Waals surface area contributed by atoms with Crippen molar-refractivity contribution in [1.29, 1.82) is 0 Å². The Bertz CT molecular complexity index is 307. The minimum absolute atomic E-state index is 0.00108. The first-order valence-electron chi connectivity index (χ1n) is 8.05. The second-order valence-electron chi connectivity index (χ2n) is 6.47. The van der Waals surface area contributed by atoms with E-state index in [1.54, 1.807) is 7.11 Å². The highest BCUT2D eigenvalue weighted by Gasteiger charge is 2.48. The highest BCUT2D eigenvalue weighted by atomic mass is 16.7. The summed E-state index contributed by atoms with van der Waals surface area (Å²) in [6, 6.07) is 0. The lowest BCUT2D eigenvalue weighted by atomic mass is 9.97. The normalized spacial score (nSPS) is 33.1. The molecule has 1 aliphatic rings. The van der Waals surface area contributed by atoms with Crippen LogP contribution in [0.25, 0.3) is 0 Å². The van der Waals surface area contributed by atoms with Gasteiger partial charge in [0.25, 0.3) is 0 Å². The predicted molar refractivity (Wildman–Crippen MR) is 82.8 cm³/mol. The quantitative estimate of drug-likeness (QED) is 0.735. The third-order valence-electron chi connectivity index (χ3n) is 3.23. The first-order chi connectivity index (χ1) is 10.3. The predicted octanol–water partition coefficient (Wildman–Crippen LogP) is 1.73. The third kappa shape index (κ3) is 5.76. The summed E-state index contributed by atoms with van der Waals surface area (Å²) in [5.74, 6) is 0. The summed E-state index contributed by atoms with van der Waals surface area (Å²) in [6.07, 6.45) is -2.93. The maximum atomic E-state index is 10.3. The van der Waals surface area contributed by atoms with E-state index in [1.165, 1.54) is 0 Å². The molecule has 1 N–H and O–H groups in total. The van der Waals surface area contributed by atoms with Crippen LogP contribution in [0.4, 0.5) is 0 Å². The molecule has 132 valence electrons. The van der Waals surface area contributed by atoms with Crippen molar-refractivity contribution in [3.05, 3.63) is 0 Å². The first-order valence-corrected chi connectivity index (χ1v) is 8.05. The van der Waals surface area contributed by atoms with Gasteiger partial charge >= 0.3 is 0 Å². The second kappa shape index (κ2) is 9.15. The standard InChI is InChI=1S/C16H32O6/c1-9(2)19-13-12(8-18-7)22-16(17)15(21-11(5)6)14(13)20-10(3)4/h9-17H,8H2,1-7H3/t12?,13-,14+,15?,16-/m1/s1. The highest BCUT2D eigenvalue weighted by Crippen LogP contribution is 2.29. The van der Waals surface area contributed by atoms with Crippen LogP contribution in [-0.4, -0.2) is 67.8 Å². The van der Waals surface area contributed by atoms with Crippen LogP contribution < -0.4 is 0 Å². The van der Waals surface area contributed by atoms with E-state index in [0.29, 0.717) is 6.61 Å². The molecule has 0 aliphatic carbocycles. The molecule has 0 aromatic rings. The molecule has 6 heteroatoms. The van der Waals surface area contributed by atoms with Crippen molar-refractivity contribution in [1.82, 2.24) is 0 Å². The lowest BCUT2D eigenvalue weighted by molar-refractivity contribution is -0.323. The van der Waals surface area contributed by atoms with E-state index >= 15 is 0 Å². The third-order valence-corrected chi connectivity index (χ3v) is 3.23. The summed E-state index contributed by atoms with van der Waals surface area (Å²) in [5.41, 5.74) is 0. The minimum Gasteiger partial charge on any atom is -0.382 e. The van der Waals surface area contributed by atoms with Crippen molar-refractivity contribution < 1.29 is 28.8 Å². The Morgan fingerprint density at radius 2 is 1.27 bits per heavy atom. The summed E-state index contributed by atoms with van der Waals surface area (Å²) in [5, 5.41) is 10.3. The maximum absolute atomic E-state index is 10.3. The van der Waals surface area contributed by atoms with Gasteiger partial charge in [0, 0.05) is 7.11 Å². The summed E-state index contributed by atoms with van der Waals surface area (Å²) in [7, 11) is 1.59. The van der Waals surface area contributed by atoms with Crippen molar-refractivity contribution in [3.8, 4) is 0 Å². The molecule has 1 fully saturated rings. The van der Waals surface area contributed by atoms with Gasteiger partial charge in [0.2, 0.25) is 0 Å². The van der Waals surface area contributed by atoms with E-state index in [2.05, 4.69) is 0 Å². The van der Waals surface area contributed by atoms with Crippen molar-refractivity contribution in [2.75, 3.05) is 13.7 Å². The van der Waals surface area contributed by atoms with Gasteiger partial charge in [-0.15, -0.1) is 0 Å². The Balaban J connectivity index is 3.02. The first kappa shape index (κ1) is 19.8. The maximum Gasteiger partial charge on any atom is 0.184 e. The Hall–Kier alpha value is -0.240. The number of hydrogen-bond acceptors (Lipinski definition) is 6. The average molecular weight is 320 g/mol. The van der Waals surface area contributed by atoms with E-state index in [9.17, 15) is 5.11 Å². The van der Waals surface area contributed by atoms with Gasteiger partial charge in [-0.2, -0.15) is 0 Å². The molecule has 22 heavy (non-hydrogen) atoms. The Kier molecular flexibility index (Phi) is 8.24. The zero-order valence-corrected chi connectivity index (χ0v) is 14.8. The molecule has 0 spiro atoms. The largest absolute Gasteiger partial charge is 0.382 e. The summed E-state index contributed by atoms with van der Waals surface area (Å²) >= 11 is 0. The number of aliphatic hydroxyl groups excluding tert-OH is 1. The zero-order chi connectivity index (χ0) is 16.9. The SMILES string of the molecule is COCC1O[C@@H](O)C(OC(C)C)[C@@H](OC(C)C)[C@@H]1OC(C)C. The number of rotatable bonds is 8. The van der Waals surface area contributed by atoms with Gasteiger partial charge in [0.1, 0.15) is 24.4 Å². The number of methoxy groups -OCH3 is 1. The number of hydrogen-bond donors (Lipinski definition) is 1. The van der Waals surface area contributed by atoms with Gasteiger partial charge < -0.3 is 28.8 Å². The molecule has 0 amide bonds. The van der Waals surface area contributed by atoms with E-state index in [-0.39, 0.29) is 24.4 Å². The molecule has 0 aromatic heterocycles. The molecule has 1 saturated heterocycles. The number of aliphatic hydroxyl groups is 1. The average Bonchev–Trinajstić information content (AvgIpc) is 2.37. The Morgan fingerprint density at radius 3 is 1.73 bits per heavy atom. The van der Waals surface area contributed by atoms with Gasteiger partial charge in [-0.25, -0.2) is 0 Å². The Morgan fingerprint density at radius 1 is 0.818 bits per heavy atom. The molecule has 1 heterocycles.